The van der Waals surface area contributed by atoms with Gasteiger partial charge in [0.2, 0.25) is 0 Å². The number of para-hydroxylation sites is 1. The maximum atomic E-state index is 11.1. The van der Waals surface area contributed by atoms with E-state index < -0.39 is 16.6 Å². The minimum atomic E-state index is -1.33. The number of carboxylic acids is 1. The van der Waals surface area contributed by atoms with Gasteiger partial charge in [-0.1, -0.05) is 6.07 Å². The Bertz CT molecular complexity index is 686. The maximum Gasteiger partial charge on any atom is 0.342 e. The zero-order chi connectivity index (χ0) is 15.4. The van der Waals surface area contributed by atoms with Gasteiger partial charge in [-0.2, -0.15) is 0 Å². The zero-order valence-electron chi connectivity index (χ0n) is 11.1. The molecule has 0 radical (unpaired) electrons. The fourth-order valence-corrected chi connectivity index (χ4v) is 2.25. The van der Waals surface area contributed by atoms with Crippen LogP contribution in [0.25, 0.3) is 0 Å². The van der Waals surface area contributed by atoms with Gasteiger partial charge in [-0.05, 0) is 42.7 Å². The van der Waals surface area contributed by atoms with Crippen LogP contribution in [0.1, 0.15) is 10.4 Å². The monoisotopic (exact) mass is 304 g/mol. The smallest absolute Gasteiger partial charge is 0.342 e. The third-order valence-corrected chi connectivity index (χ3v) is 3.56. The highest BCUT2D eigenvalue weighted by molar-refractivity contribution is 7.98. The Morgan fingerprint density at radius 3 is 2.43 bits per heavy atom. The van der Waals surface area contributed by atoms with E-state index >= 15 is 0 Å². The minimum absolute atomic E-state index is 0.150. The molecule has 0 bridgehead atoms. The van der Waals surface area contributed by atoms with Gasteiger partial charge in [0.15, 0.2) is 0 Å². The molecule has 0 aliphatic heterocycles. The van der Waals surface area contributed by atoms with Crippen LogP contribution >= 0.6 is 11.8 Å². The molecule has 0 saturated heterocycles. The quantitative estimate of drug-likeness (QED) is 0.496. The highest BCUT2D eigenvalue weighted by atomic mass is 32.2. The number of nitro benzene ring substituents is 1. The average molecular weight is 304 g/mol. The summed E-state index contributed by atoms with van der Waals surface area (Å²) < 4.78 is 0. The van der Waals surface area contributed by atoms with Gasteiger partial charge in [-0.25, -0.2) is 4.79 Å². The van der Waals surface area contributed by atoms with Crippen LogP contribution < -0.4 is 5.32 Å². The predicted octanol–water partition coefficient (Wildman–Crippen LogP) is 3.76. The molecule has 2 rings (SSSR count). The number of hydrogen-bond donors (Lipinski definition) is 2. The van der Waals surface area contributed by atoms with Crippen molar-refractivity contribution < 1.29 is 14.8 Å². The normalized spacial score (nSPS) is 10.1. The zero-order valence-corrected chi connectivity index (χ0v) is 11.9. The first-order valence-electron chi connectivity index (χ1n) is 5.94. The molecule has 0 fully saturated rings. The standard InChI is InChI=1S/C14H12N2O4S/c1-21-10-7-5-9(6-8-10)15-12-4-2-3-11(14(17)18)13(12)16(19)20/h2-8,15H,1H3,(H,17,18). The summed E-state index contributed by atoms with van der Waals surface area (Å²) in [5.74, 6) is -1.33. The number of benzene rings is 2. The molecular formula is C14H12N2O4S. The van der Waals surface area contributed by atoms with Crippen molar-refractivity contribution in [3.8, 4) is 0 Å². The second kappa shape index (κ2) is 6.27. The first-order chi connectivity index (χ1) is 10.0. The van der Waals surface area contributed by atoms with E-state index in [0.717, 1.165) is 4.90 Å². The molecule has 0 unspecified atom stereocenters. The van der Waals surface area contributed by atoms with E-state index in [4.69, 9.17) is 5.11 Å². The van der Waals surface area contributed by atoms with Crippen LogP contribution in [0.4, 0.5) is 17.1 Å². The Hall–Kier alpha value is -2.54. The maximum absolute atomic E-state index is 11.1. The van der Waals surface area contributed by atoms with Crippen molar-refractivity contribution >= 4 is 34.8 Å². The molecular weight excluding hydrogens is 292 g/mol. The van der Waals surface area contributed by atoms with E-state index in [2.05, 4.69) is 5.32 Å². The molecule has 0 aromatic heterocycles. The summed E-state index contributed by atoms with van der Waals surface area (Å²) in [4.78, 5) is 22.6. The van der Waals surface area contributed by atoms with Crippen molar-refractivity contribution in [3.63, 3.8) is 0 Å². The van der Waals surface area contributed by atoms with Crippen molar-refractivity contribution in [2.24, 2.45) is 0 Å². The number of aromatic carboxylic acids is 1. The van der Waals surface area contributed by atoms with Crippen molar-refractivity contribution in [1.29, 1.82) is 0 Å². The Balaban J connectivity index is 2.41. The van der Waals surface area contributed by atoms with Crippen molar-refractivity contribution in [2.75, 3.05) is 11.6 Å². The predicted molar refractivity (Wildman–Crippen MR) is 81.6 cm³/mol. The first kappa shape index (κ1) is 14.9. The molecule has 0 heterocycles. The lowest BCUT2D eigenvalue weighted by molar-refractivity contribution is -0.384. The number of nitro groups is 1. The molecule has 21 heavy (non-hydrogen) atoms. The van der Waals surface area contributed by atoms with E-state index in [1.54, 1.807) is 23.9 Å². The Labute approximate surface area is 125 Å². The molecule has 0 aliphatic carbocycles. The third kappa shape index (κ3) is 3.32. The second-order valence-corrected chi connectivity index (χ2v) is 5.00. The van der Waals surface area contributed by atoms with E-state index in [-0.39, 0.29) is 11.3 Å². The Kier molecular flexibility index (Phi) is 4.44. The highest BCUT2D eigenvalue weighted by Gasteiger charge is 2.24. The van der Waals surface area contributed by atoms with Gasteiger partial charge in [0.05, 0.1) is 4.92 Å². The molecule has 7 heteroatoms. The number of nitrogens with zero attached hydrogens (tertiary/aromatic N) is 1. The Morgan fingerprint density at radius 1 is 1.24 bits per heavy atom. The summed E-state index contributed by atoms with van der Waals surface area (Å²) in [6.07, 6.45) is 1.95. The van der Waals surface area contributed by atoms with E-state index in [1.165, 1.54) is 18.2 Å². The highest BCUT2D eigenvalue weighted by Crippen LogP contribution is 2.31. The first-order valence-corrected chi connectivity index (χ1v) is 7.17. The molecule has 108 valence electrons. The fraction of sp³-hybridized carbons (Fsp3) is 0.0714. The van der Waals surface area contributed by atoms with Crippen LogP contribution in [0.15, 0.2) is 47.4 Å². The number of hydrogen-bond acceptors (Lipinski definition) is 5. The van der Waals surface area contributed by atoms with E-state index in [1.807, 2.05) is 18.4 Å². The summed E-state index contributed by atoms with van der Waals surface area (Å²) >= 11 is 1.58. The SMILES string of the molecule is CSc1ccc(Nc2cccc(C(=O)O)c2[N+](=O)[O-])cc1. The van der Waals surface area contributed by atoms with Gasteiger partial charge >= 0.3 is 11.7 Å². The van der Waals surface area contributed by atoms with Gasteiger partial charge in [-0.3, -0.25) is 10.1 Å². The van der Waals surface area contributed by atoms with Crippen molar-refractivity contribution in [1.82, 2.24) is 0 Å². The summed E-state index contributed by atoms with van der Waals surface area (Å²) in [7, 11) is 0. The van der Waals surface area contributed by atoms with Gasteiger partial charge in [0.1, 0.15) is 11.3 Å². The molecule has 0 spiro atoms. The van der Waals surface area contributed by atoms with Crippen LogP contribution in [0.2, 0.25) is 0 Å². The lowest BCUT2D eigenvalue weighted by Crippen LogP contribution is -2.05. The Morgan fingerprint density at radius 2 is 1.90 bits per heavy atom. The van der Waals surface area contributed by atoms with Crippen LogP contribution in [0.5, 0.6) is 0 Å². The van der Waals surface area contributed by atoms with Crippen LogP contribution in [-0.4, -0.2) is 22.3 Å². The van der Waals surface area contributed by atoms with Crippen molar-refractivity contribution in [2.45, 2.75) is 4.90 Å². The molecule has 0 aliphatic rings. The molecule has 2 aromatic rings. The number of rotatable bonds is 5. The molecule has 0 saturated carbocycles. The van der Waals surface area contributed by atoms with Gasteiger partial charge < -0.3 is 10.4 Å². The average Bonchev–Trinajstić information content (AvgIpc) is 2.47. The lowest BCUT2D eigenvalue weighted by Gasteiger charge is -2.09. The van der Waals surface area contributed by atoms with Gasteiger partial charge in [-0.15, -0.1) is 11.8 Å². The van der Waals surface area contributed by atoms with E-state index in [9.17, 15) is 14.9 Å². The summed E-state index contributed by atoms with van der Waals surface area (Å²) in [5.41, 5.74) is 0.0138. The minimum Gasteiger partial charge on any atom is -0.477 e. The molecule has 0 amide bonds. The van der Waals surface area contributed by atoms with Crippen molar-refractivity contribution in [3.05, 3.63) is 58.1 Å². The number of carbonyl (C=O) groups is 1. The van der Waals surface area contributed by atoms with Crippen LogP contribution in [-0.2, 0) is 0 Å². The second-order valence-electron chi connectivity index (χ2n) is 4.12. The lowest BCUT2D eigenvalue weighted by atomic mass is 10.1. The summed E-state index contributed by atoms with van der Waals surface area (Å²) in [5, 5.41) is 23.1. The molecule has 2 N–H and O–H groups in total. The molecule has 2 aromatic carbocycles. The van der Waals surface area contributed by atoms with Crippen LogP contribution in [0.3, 0.4) is 0 Å². The van der Waals surface area contributed by atoms with Gasteiger partial charge in [0, 0.05) is 10.6 Å². The topological polar surface area (TPSA) is 92.5 Å². The third-order valence-electron chi connectivity index (χ3n) is 2.82. The largest absolute Gasteiger partial charge is 0.477 e. The van der Waals surface area contributed by atoms with Crippen LogP contribution in [0, 0.1) is 10.1 Å². The molecule has 6 nitrogen and oxygen atoms in total. The van der Waals surface area contributed by atoms with E-state index in [0.29, 0.717) is 5.69 Å². The number of thioether (sulfide) groups is 1. The number of carboxylic acid groups (broad SMARTS) is 1. The number of nitrogens with one attached hydrogen (secondary N) is 1. The number of anilines is 2. The van der Waals surface area contributed by atoms with Gasteiger partial charge in [0.25, 0.3) is 0 Å². The summed E-state index contributed by atoms with van der Waals surface area (Å²) in [6, 6.07) is 11.5. The fourth-order valence-electron chi connectivity index (χ4n) is 1.84. The molecule has 0 atom stereocenters. The summed E-state index contributed by atoms with van der Waals surface area (Å²) in [6.45, 7) is 0.